The van der Waals surface area contributed by atoms with Gasteiger partial charge in [0.2, 0.25) is 0 Å². The quantitative estimate of drug-likeness (QED) is 0.732. The van der Waals surface area contributed by atoms with Crippen LogP contribution in [0.3, 0.4) is 0 Å². The van der Waals surface area contributed by atoms with E-state index < -0.39 is 0 Å². The van der Waals surface area contributed by atoms with Gasteiger partial charge in [-0.25, -0.2) is 0 Å². The van der Waals surface area contributed by atoms with Gasteiger partial charge in [-0.2, -0.15) is 0 Å². The van der Waals surface area contributed by atoms with Crippen LogP contribution in [0.25, 0.3) is 0 Å². The van der Waals surface area contributed by atoms with Gasteiger partial charge in [0.05, 0.1) is 13.2 Å². The van der Waals surface area contributed by atoms with Crippen LogP contribution >= 0.6 is 43.2 Å². The maximum Gasteiger partial charge on any atom is 0.123 e. The highest BCUT2D eigenvalue weighted by molar-refractivity contribution is 9.10. The summed E-state index contributed by atoms with van der Waals surface area (Å²) in [6.45, 7) is 1.39. The van der Waals surface area contributed by atoms with Crippen molar-refractivity contribution in [3.8, 4) is 5.75 Å². The number of hydrogen-bond acceptors (Lipinski definition) is 4. The average molecular weight is 434 g/mol. The maximum atomic E-state index is 6.02. The second-order valence-electron chi connectivity index (χ2n) is 4.78. The van der Waals surface area contributed by atoms with E-state index in [2.05, 4.69) is 61.3 Å². The van der Waals surface area contributed by atoms with Gasteiger partial charge in [0.1, 0.15) is 5.75 Å². The van der Waals surface area contributed by atoms with E-state index >= 15 is 0 Å². The third kappa shape index (κ3) is 4.29. The molecular weight excluding hydrogens is 416 g/mol. The Kier molecular flexibility index (Phi) is 6.25. The predicted octanol–water partition coefficient (Wildman–Crippen LogP) is 4.41. The molecule has 0 radical (unpaired) electrons. The second-order valence-corrected chi connectivity index (χ2v) is 7.61. The van der Waals surface area contributed by atoms with Crippen LogP contribution in [-0.2, 0) is 6.54 Å². The zero-order chi connectivity index (χ0) is 15.4. The van der Waals surface area contributed by atoms with Gasteiger partial charge < -0.3 is 10.5 Å². The van der Waals surface area contributed by atoms with Crippen LogP contribution in [-0.4, -0.2) is 25.6 Å². The fourth-order valence-corrected chi connectivity index (χ4v) is 4.19. The van der Waals surface area contributed by atoms with Gasteiger partial charge in [0, 0.05) is 37.9 Å². The largest absolute Gasteiger partial charge is 0.496 e. The van der Waals surface area contributed by atoms with E-state index in [1.807, 2.05) is 12.1 Å². The lowest BCUT2D eigenvalue weighted by Crippen LogP contribution is -2.30. The molecule has 0 aliphatic carbocycles. The van der Waals surface area contributed by atoms with E-state index in [1.165, 1.54) is 4.88 Å². The molecule has 1 heterocycles. The van der Waals surface area contributed by atoms with E-state index in [0.29, 0.717) is 6.54 Å². The highest BCUT2D eigenvalue weighted by Crippen LogP contribution is 2.32. The number of ether oxygens (including phenoxy) is 1. The van der Waals surface area contributed by atoms with E-state index in [9.17, 15) is 0 Å². The number of thiophene rings is 1. The molecule has 0 spiro atoms. The van der Waals surface area contributed by atoms with Crippen molar-refractivity contribution in [2.24, 2.45) is 5.73 Å². The Labute approximate surface area is 146 Å². The average Bonchev–Trinajstić information content (AvgIpc) is 2.85. The standard InChI is InChI=1S/C15H18Br2N2OS/c1-19(8-12-5-11(17)9-21-12)14(7-18)13-6-10(16)3-4-15(13)20-2/h3-6,9,14H,7-8,18H2,1-2H3. The Bertz CT molecular complexity index is 603. The number of rotatable bonds is 6. The monoisotopic (exact) mass is 432 g/mol. The van der Waals surface area contributed by atoms with Crippen molar-refractivity contribution in [2.45, 2.75) is 12.6 Å². The van der Waals surface area contributed by atoms with Crippen LogP contribution in [0.2, 0.25) is 0 Å². The molecule has 0 saturated heterocycles. The smallest absolute Gasteiger partial charge is 0.123 e. The van der Waals surface area contributed by atoms with Crippen LogP contribution in [0.5, 0.6) is 5.75 Å². The van der Waals surface area contributed by atoms with Crippen molar-refractivity contribution in [3.63, 3.8) is 0 Å². The molecule has 2 rings (SSSR count). The fourth-order valence-electron chi connectivity index (χ4n) is 2.30. The zero-order valence-corrected chi connectivity index (χ0v) is 16.0. The highest BCUT2D eigenvalue weighted by Gasteiger charge is 2.20. The Morgan fingerprint density at radius 1 is 1.29 bits per heavy atom. The number of nitrogens with zero attached hydrogens (tertiary/aromatic N) is 1. The van der Waals surface area contributed by atoms with Crippen molar-refractivity contribution in [1.29, 1.82) is 0 Å². The molecule has 21 heavy (non-hydrogen) atoms. The van der Waals surface area contributed by atoms with Crippen LogP contribution < -0.4 is 10.5 Å². The summed E-state index contributed by atoms with van der Waals surface area (Å²) in [7, 11) is 3.78. The van der Waals surface area contributed by atoms with E-state index in [4.69, 9.17) is 10.5 Å². The first-order chi connectivity index (χ1) is 10.0. The van der Waals surface area contributed by atoms with Crippen LogP contribution in [0.1, 0.15) is 16.5 Å². The molecule has 0 amide bonds. The topological polar surface area (TPSA) is 38.5 Å². The SMILES string of the molecule is COc1ccc(Br)cc1C(CN)N(C)Cc1cc(Br)cs1. The molecule has 2 N–H and O–H groups in total. The summed E-state index contributed by atoms with van der Waals surface area (Å²) in [5.74, 6) is 0.868. The summed E-state index contributed by atoms with van der Waals surface area (Å²) in [5, 5.41) is 2.10. The Morgan fingerprint density at radius 2 is 2.05 bits per heavy atom. The lowest BCUT2D eigenvalue weighted by atomic mass is 10.0. The molecule has 0 bridgehead atoms. The third-order valence-electron chi connectivity index (χ3n) is 3.33. The third-order valence-corrected chi connectivity index (χ3v) is 5.51. The molecule has 0 aliphatic heterocycles. The summed E-state index contributed by atoms with van der Waals surface area (Å²) in [5.41, 5.74) is 7.12. The molecule has 3 nitrogen and oxygen atoms in total. The molecule has 0 aliphatic rings. The Hall–Kier alpha value is -0.400. The van der Waals surface area contributed by atoms with Crippen LogP contribution in [0, 0.1) is 0 Å². The molecule has 1 atom stereocenters. The predicted molar refractivity (Wildman–Crippen MR) is 96.0 cm³/mol. The summed E-state index contributed by atoms with van der Waals surface area (Å²) in [6, 6.07) is 8.28. The zero-order valence-electron chi connectivity index (χ0n) is 12.0. The van der Waals surface area contributed by atoms with Gasteiger partial charge in [0.15, 0.2) is 0 Å². The van der Waals surface area contributed by atoms with E-state index in [-0.39, 0.29) is 6.04 Å². The van der Waals surface area contributed by atoms with Gasteiger partial charge in [0.25, 0.3) is 0 Å². The summed E-state index contributed by atoms with van der Waals surface area (Å²) < 4.78 is 7.64. The number of benzene rings is 1. The molecule has 114 valence electrons. The highest BCUT2D eigenvalue weighted by atomic mass is 79.9. The molecule has 1 unspecified atom stereocenters. The van der Waals surface area contributed by atoms with Gasteiger partial charge in [-0.05, 0) is 47.2 Å². The van der Waals surface area contributed by atoms with Gasteiger partial charge in [-0.1, -0.05) is 15.9 Å². The Balaban J connectivity index is 2.24. The minimum atomic E-state index is 0.110. The van der Waals surface area contributed by atoms with Gasteiger partial charge in [-0.3, -0.25) is 4.90 Å². The summed E-state index contributed by atoms with van der Waals surface area (Å²) in [6.07, 6.45) is 0. The molecule has 0 saturated carbocycles. The minimum Gasteiger partial charge on any atom is -0.496 e. The lowest BCUT2D eigenvalue weighted by molar-refractivity contribution is 0.238. The number of nitrogens with two attached hydrogens (primary N) is 1. The molecule has 0 fully saturated rings. The second kappa shape index (κ2) is 7.74. The maximum absolute atomic E-state index is 6.02. The summed E-state index contributed by atoms with van der Waals surface area (Å²) >= 11 is 8.76. The number of hydrogen-bond donors (Lipinski definition) is 1. The van der Waals surface area contributed by atoms with Crippen molar-refractivity contribution in [3.05, 3.63) is 49.0 Å². The molecule has 6 heteroatoms. The normalized spacial score (nSPS) is 12.7. The number of likely N-dealkylation sites (N-methyl/N-ethyl adjacent to an activating group) is 1. The first kappa shape index (κ1) is 17.0. The summed E-state index contributed by atoms with van der Waals surface area (Å²) in [4.78, 5) is 3.56. The van der Waals surface area contributed by atoms with Crippen molar-refractivity contribution >= 4 is 43.2 Å². The molecule has 1 aromatic carbocycles. The number of methoxy groups -OCH3 is 1. The van der Waals surface area contributed by atoms with Crippen LogP contribution in [0.15, 0.2) is 38.6 Å². The van der Waals surface area contributed by atoms with E-state index in [1.54, 1.807) is 18.4 Å². The van der Waals surface area contributed by atoms with Gasteiger partial charge >= 0.3 is 0 Å². The van der Waals surface area contributed by atoms with Crippen molar-refractivity contribution in [1.82, 2.24) is 4.90 Å². The van der Waals surface area contributed by atoms with Crippen molar-refractivity contribution in [2.75, 3.05) is 20.7 Å². The van der Waals surface area contributed by atoms with Crippen LogP contribution in [0.4, 0.5) is 0 Å². The van der Waals surface area contributed by atoms with Gasteiger partial charge in [-0.15, -0.1) is 11.3 Å². The first-order valence-corrected chi connectivity index (χ1v) is 8.98. The Morgan fingerprint density at radius 3 is 2.62 bits per heavy atom. The minimum absolute atomic E-state index is 0.110. The molecular formula is C15H18Br2N2OS. The first-order valence-electron chi connectivity index (χ1n) is 6.51. The lowest BCUT2D eigenvalue weighted by Gasteiger charge is -2.28. The molecule has 2 aromatic rings. The van der Waals surface area contributed by atoms with E-state index in [0.717, 1.165) is 26.8 Å². The molecule has 1 aromatic heterocycles. The van der Waals surface area contributed by atoms with Crippen molar-refractivity contribution < 1.29 is 4.74 Å². The fraction of sp³-hybridized carbons (Fsp3) is 0.333. The number of halogens is 2.